The summed E-state index contributed by atoms with van der Waals surface area (Å²) in [6.45, 7) is 2.11. The second-order valence-electron chi connectivity index (χ2n) is 10.7. The number of carbonyl (C=O) groups excluding carboxylic acids is 2. The topological polar surface area (TPSA) is 178 Å². The number of nitrogens with one attached hydrogen (secondary N) is 7. The lowest BCUT2D eigenvalue weighted by molar-refractivity contribution is 0.00612. The molecule has 2 aromatic rings. The van der Waals surface area contributed by atoms with Crippen LogP contribution in [0.15, 0.2) is 36.5 Å². The minimum Gasteiger partial charge on any atom is -0.386 e. The predicted molar refractivity (Wildman–Crippen MR) is 144 cm³/mol. The van der Waals surface area contributed by atoms with Crippen molar-refractivity contribution in [3.63, 3.8) is 0 Å². The fourth-order valence-electron chi connectivity index (χ4n) is 6.55. The number of hydrogen-bond acceptors (Lipinski definition) is 6. The molecule has 1 aromatic heterocycles. The Balaban J connectivity index is 1.22. The predicted octanol–water partition coefficient (Wildman–Crippen LogP) is -0.427. The molecule has 12 nitrogen and oxygen atoms in total. The summed E-state index contributed by atoms with van der Waals surface area (Å²) < 4.78 is 0. The smallest absolute Gasteiger partial charge is 0.270 e. The standard InChI is InChI=1S/C27H33N9O3/c1-14-6-5-11-30-20(14)24(39)31-12-18-21-27(35-25(28)34-21)22(37)19(13-36(27)26(29)33-18)32-23(38)17-10-4-8-15-7-2-3-9-16(15)17/h4-6,8,10-11,18-19,21-22,37H,2-3,7,9,12-13H2,1H3,(H2,29,33)(H,31,39)(H,32,38)(H3,28,34,35)/t18-,19?,21-,22+,27-/m0/s1. The lowest BCUT2D eigenvalue weighted by Crippen LogP contribution is -2.78. The van der Waals surface area contributed by atoms with Crippen LogP contribution < -0.4 is 26.6 Å². The lowest BCUT2D eigenvalue weighted by Gasteiger charge is -2.49. The summed E-state index contributed by atoms with van der Waals surface area (Å²) in [7, 11) is 0. The highest BCUT2D eigenvalue weighted by molar-refractivity contribution is 5.97. The van der Waals surface area contributed by atoms with E-state index in [1.807, 2.05) is 25.1 Å². The summed E-state index contributed by atoms with van der Waals surface area (Å²) in [6.07, 6.45) is 4.38. The maximum atomic E-state index is 13.4. The molecule has 0 radical (unpaired) electrons. The number of pyridine rings is 1. The number of guanidine groups is 2. The Morgan fingerprint density at radius 2 is 1.97 bits per heavy atom. The van der Waals surface area contributed by atoms with Gasteiger partial charge in [-0.1, -0.05) is 18.2 Å². The Morgan fingerprint density at radius 3 is 2.79 bits per heavy atom. The van der Waals surface area contributed by atoms with Crippen molar-refractivity contribution in [2.24, 2.45) is 0 Å². The van der Waals surface area contributed by atoms with Crippen LogP contribution in [0.4, 0.5) is 0 Å². The first kappa shape index (κ1) is 25.1. The molecule has 39 heavy (non-hydrogen) atoms. The fourth-order valence-corrected chi connectivity index (χ4v) is 6.55. The Hall–Kier alpha value is -4.19. The first-order valence-electron chi connectivity index (χ1n) is 13.3. The van der Waals surface area contributed by atoms with E-state index in [1.54, 1.807) is 17.2 Å². The number of aliphatic hydroxyl groups excluding tert-OH is 1. The Kier molecular flexibility index (Phi) is 6.13. The fraction of sp³-hybridized carbons (Fsp3) is 0.444. The van der Waals surface area contributed by atoms with Crippen LogP contribution in [0.5, 0.6) is 0 Å². The maximum absolute atomic E-state index is 13.4. The normalized spacial score (nSPS) is 28.8. The first-order chi connectivity index (χ1) is 18.8. The van der Waals surface area contributed by atoms with Gasteiger partial charge in [-0.2, -0.15) is 0 Å². The molecule has 1 aliphatic carbocycles. The number of carbonyl (C=O) groups is 2. The van der Waals surface area contributed by atoms with Gasteiger partial charge in [0.2, 0.25) is 0 Å². The molecule has 1 spiro atoms. The van der Waals surface area contributed by atoms with Gasteiger partial charge in [0.1, 0.15) is 11.8 Å². The molecule has 4 heterocycles. The molecular weight excluding hydrogens is 498 g/mol. The summed E-state index contributed by atoms with van der Waals surface area (Å²) in [5, 5.41) is 43.8. The van der Waals surface area contributed by atoms with Gasteiger partial charge >= 0.3 is 0 Å². The van der Waals surface area contributed by atoms with Crippen LogP contribution in [-0.4, -0.2) is 81.7 Å². The number of benzene rings is 1. The number of hydrogen-bond donors (Lipinski definition) is 8. The van der Waals surface area contributed by atoms with E-state index in [2.05, 4.69) is 37.6 Å². The molecule has 0 saturated carbocycles. The average Bonchev–Trinajstić information content (AvgIpc) is 3.43. The van der Waals surface area contributed by atoms with Crippen LogP contribution in [0, 0.1) is 17.7 Å². The van der Waals surface area contributed by atoms with Crippen LogP contribution in [0.3, 0.4) is 0 Å². The van der Waals surface area contributed by atoms with Crippen molar-refractivity contribution >= 4 is 23.7 Å². The molecular formula is C27H33N9O3. The molecule has 0 bridgehead atoms. The third-order valence-corrected chi connectivity index (χ3v) is 8.42. The van der Waals surface area contributed by atoms with Crippen LogP contribution in [0.1, 0.15) is 50.4 Å². The van der Waals surface area contributed by atoms with Crippen molar-refractivity contribution in [2.75, 3.05) is 13.1 Å². The van der Waals surface area contributed by atoms with E-state index < -0.39 is 29.9 Å². The van der Waals surface area contributed by atoms with E-state index in [1.165, 1.54) is 5.56 Å². The second kappa shape index (κ2) is 9.53. The molecule has 12 heteroatoms. The molecule has 8 N–H and O–H groups in total. The zero-order valence-corrected chi connectivity index (χ0v) is 21.7. The van der Waals surface area contributed by atoms with Gasteiger partial charge in [0.25, 0.3) is 11.8 Å². The summed E-state index contributed by atoms with van der Waals surface area (Å²) in [5.74, 6) is -0.555. The molecule has 3 fully saturated rings. The Labute approximate surface area is 226 Å². The van der Waals surface area contributed by atoms with Gasteiger partial charge in [0.05, 0.1) is 18.1 Å². The number of fused-ring (bicyclic) bond motifs is 1. The van der Waals surface area contributed by atoms with Gasteiger partial charge in [-0.15, -0.1) is 0 Å². The van der Waals surface area contributed by atoms with Gasteiger partial charge in [0.15, 0.2) is 17.6 Å². The molecule has 2 amide bonds. The van der Waals surface area contributed by atoms with Gasteiger partial charge < -0.3 is 36.6 Å². The number of amides is 2. The Morgan fingerprint density at radius 1 is 1.15 bits per heavy atom. The second-order valence-corrected chi connectivity index (χ2v) is 10.7. The molecule has 6 rings (SSSR count). The van der Waals surface area contributed by atoms with E-state index in [0.717, 1.165) is 36.8 Å². The molecule has 5 atom stereocenters. The highest BCUT2D eigenvalue weighted by Gasteiger charge is 2.66. The first-order valence-corrected chi connectivity index (χ1v) is 13.3. The number of aromatic nitrogens is 1. The van der Waals surface area contributed by atoms with Crippen molar-refractivity contribution in [3.05, 3.63) is 64.5 Å². The minimum atomic E-state index is -1.25. The minimum absolute atomic E-state index is 0.00144. The van der Waals surface area contributed by atoms with E-state index in [9.17, 15) is 14.7 Å². The van der Waals surface area contributed by atoms with Crippen molar-refractivity contribution < 1.29 is 14.7 Å². The van der Waals surface area contributed by atoms with Gasteiger partial charge in [0, 0.05) is 24.8 Å². The van der Waals surface area contributed by atoms with E-state index in [-0.39, 0.29) is 36.8 Å². The maximum Gasteiger partial charge on any atom is 0.270 e. The molecule has 204 valence electrons. The molecule has 1 unspecified atom stereocenters. The zero-order valence-electron chi connectivity index (χ0n) is 21.7. The molecule has 3 aliphatic heterocycles. The van der Waals surface area contributed by atoms with Crippen LogP contribution in [-0.2, 0) is 12.8 Å². The van der Waals surface area contributed by atoms with E-state index >= 15 is 0 Å². The number of aryl methyl sites for hydroxylation is 2. The van der Waals surface area contributed by atoms with Crippen LogP contribution in [0.2, 0.25) is 0 Å². The van der Waals surface area contributed by atoms with Crippen molar-refractivity contribution in [1.29, 1.82) is 10.8 Å². The van der Waals surface area contributed by atoms with Crippen molar-refractivity contribution in [3.8, 4) is 0 Å². The van der Waals surface area contributed by atoms with Gasteiger partial charge in [-0.05, 0) is 61.4 Å². The zero-order chi connectivity index (χ0) is 27.3. The van der Waals surface area contributed by atoms with Crippen LogP contribution >= 0.6 is 0 Å². The van der Waals surface area contributed by atoms with Gasteiger partial charge in [-0.25, -0.2) is 0 Å². The third kappa shape index (κ3) is 4.06. The molecule has 1 aromatic carbocycles. The highest BCUT2D eigenvalue weighted by atomic mass is 16.3. The third-order valence-electron chi connectivity index (χ3n) is 8.42. The van der Waals surface area contributed by atoms with E-state index in [4.69, 9.17) is 10.8 Å². The summed E-state index contributed by atoms with van der Waals surface area (Å²) in [5.41, 5.74) is 2.71. The lowest BCUT2D eigenvalue weighted by atomic mass is 9.86. The largest absolute Gasteiger partial charge is 0.386 e. The monoisotopic (exact) mass is 531 g/mol. The Bertz CT molecular complexity index is 1360. The highest BCUT2D eigenvalue weighted by Crippen LogP contribution is 2.37. The average molecular weight is 532 g/mol. The number of nitrogens with zero attached hydrogens (tertiary/aromatic N) is 2. The van der Waals surface area contributed by atoms with Crippen molar-refractivity contribution in [2.45, 2.75) is 62.5 Å². The van der Waals surface area contributed by atoms with Crippen molar-refractivity contribution in [1.82, 2.24) is 36.5 Å². The quantitative estimate of drug-likeness (QED) is 0.256. The van der Waals surface area contributed by atoms with E-state index in [0.29, 0.717) is 11.3 Å². The molecule has 4 aliphatic rings. The molecule has 3 saturated heterocycles. The number of aliphatic hydroxyl groups is 1. The SMILES string of the molecule is Cc1cccnc1C(=O)NC[C@@H]1NC(=N)N2CC(NC(=O)c3cccc4c3CCCC4)[C@@H](O)[C@@]23NC(=N)N[C@@H]13. The summed E-state index contributed by atoms with van der Waals surface area (Å²) in [4.78, 5) is 32.0. The van der Waals surface area contributed by atoms with Gasteiger partial charge in [-0.3, -0.25) is 25.4 Å². The summed E-state index contributed by atoms with van der Waals surface area (Å²) in [6, 6.07) is 7.57. The summed E-state index contributed by atoms with van der Waals surface area (Å²) >= 11 is 0. The number of rotatable bonds is 5. The van der Waals surface area contributed by atoms with Crippen LogP contribution in [0.25, 0.3) is 0 Å².